The Labute approximate surface area is 40.6 Å². The summed E-state index contributed by atoms with van der Waals surface area (Å²) in [4.78, 5) is 0. The van der Waals surface area contributed by atoms with E-state index < -0.39 is 0 Å². The monoisotopic (exact) mass is 102 g/mol. The van der Waals surface area contributed by atoms with Crippen molar-refractivity contribution >= 4 is 11.9 Å². The van der Waals surface area contributed by atoms with Crippen LogP contribution in [0.2, 0.25) is 0 Å². The van der Waals surface area contributed by atoms with Crippen molar-refractivity contribution < 1.29 is 4.21 Å². The Morgan fingerprint density at radius 1 is 2.00 bits per heavy atom. The van der Waals surface area contributed by atoms with Gasteiger partial charge in [-0.05, 0) is 4.72 Å². The van der Waals surface area contributed by atoms with Crippen molar-refractivity contribution in [3.63, 3.8) is 0 Å². The summed E-state index contributed by atoms with van der Waals surface area (Å²) >= 11 is 0.284. The van der Waals surface area contributed by atoms with E-state index >= 15 is 0 Å². The Morgan fingerprint density at radius 2 is 2.67 bits per heavy atom. The molecule has 0 saturated heterocycles. The summed E-state index contributed by atoms with van der Waals surface area (Å²) in [7, 11) is 0. The first-order valence-electron chi connectivity index (χ1n) is 1.37. The molecule has 0 aliphatic rings. The maximum Gasteiger partial charge on any atom is 0.588 e. The van der Waals surface area contributed by atoms with Gasteiger partial charge in [-0.3, -0.25) is 0 Å². The molecular formula is C3H4NOS+. The normalized spacial score (nSPS) is 6.50. The summed E-state index contributed by atoms with van der Waals surface area (Å²) in [5.74, 6) is 2.24. The van der Waals surface area contributed by atoms with Crippen LogP contribution >= 0.6 is 0 Å². The highest BCUT2D eigenvalue weighted by atomic mass is 32.2. The third-order valence-corrected chi connectivity index (χ3v) is 0.495. The smallest absolute Gasteiger partial charge is 0.119 e. The van der Waals surface area contributed by atoms with Gasteiger partial charge in [0.25, 0.3) is 0 Å². The predicted molar refractivity (Wildman–Crippen MR) is 24.9 cm³/mol. The van der Waals surface area contributed by atoms with Gasteiger partial charge in [0, 0.05) is 0 Å². The average molecular weight is 102 g/mol. The molecule has 32 valence electrons. The maximum atomic E-state index is 9.40. The molecule has 0 aliphatic carbocycles. The Balaban J connectivity index is 2.72. The van der Waals surface area contributed by atoms with E-state index in [0.717, 1.165) is 0 Å². The molecule has 0 heterocycles. The molecule has 0 spiro atoms. The minimum absolute atomic E-state index is 0.284. The van der Waals surface area contributed by atoms with E-state index in [-0.39, 0.29) is 11.9 Å². The van der Waals surface area contributed by atoms with Crippen LogP contribution < -0.4 is 4.72 Å². The topological polar surface area (TPSA) is 29.1 Å². The van der Waals surface area contributed by atoms with Gasteiger partial charge in [-0.1, -0.05) is 5.92 Å². The van der Waals surface area contributed by atoms with Crippen LogP contribution in [0, 0.1) is 12.3 Å². The van der Waals surface area contributed by atoms with Gasteiger partial charge in [0.2, 0.25) is 0 Å². The van der Waals surface area contributed by atoms with Crippen molar-refractivity contribution in [2.45, 2.75) is 0 Å². The van der Waals surface area contributed by atoms with E-state index in [1.807, 2.05) is 0 Å². The van der Waals surface area contributed by atoms with Gasteiger partial charge in [-0.15, -0.1) is 6.42 Å². The molecule has 0 aromatic rings. The maximum absolute atomic E-state index is 9.40. The standard InChI is InChI=1S/C3H4NOS/c1-2-3-4-6-5/h1H,3H2,(H,4,5)/q+1. The van der Waals surface area contributed by atoms with E-state index in [0.29, 0.717) is 6.54 Å². The zero-order valence-corrected chi connectivity index (χ0v) is 3.92. The van der Waals surface area contributed by atoms with Crippen molar-refractivity contribution in [3.8, 4) is 12.3 Å². The zero-order chi connectivity index (χ0) is 4.83. The molecule has 0 unspecified atom stereocenters. The molecule has 0 atom stereocenters. The molecule has 0 fully saturated rings. The SMILES string of the molecule is C#CCN[S+]=O. The van der Waals surface area contributed by atoms with Crippen LogP contribution in [-0.4, -0.2) is 6.54 Å². The average Bonchev–Trinajstić information content (AvgIpc) is 1.61. The Kier molecular flexibility index (Phi) is 4.19. The highest BCUT2D eigenvalue weighted by Gasteiger charge is 1.86. The van der Waals surface area contributed by atoms with E-state index in [9.17, 15) is 4.21 Å². The molecule has 0 bridgehead atoms. The largest absolute Gasteiger partial charge is 0.588 e. The zero-order valence-electron chi connectivity index (χ0n) is 3.10. The summed E-state index contributed by atoms with van der Waals surface area (Å²) in [6.07, 6.45) is 4.75. The van der Waals surface area contributed by atoms with Gasteiger partial charge in [-0.25, -0.2) is 0 Å². The van der Waals surface area contributed by atoms with Crippen LogP contribution in [0.15, 0.2) is 0 Å². The van der Waals surface area contributed by atoms with E-state index in [1.165, 1.54) is 0 Å². The fraction of sp³-hybridized carbons (Fsp3) is 0.333. The van der Waals surface area contributed by atoms with Crippen LogP contribution in [0.3, 0.4) is 0 Å². The third kappa shape index (κ3) is 3.54. The van der Waals surface area contributed by atoms with Crippen molar-refractivity contribution in [1.82, 2.24) is 4.72 Å². The second-order valence-corrected chi connectivity index (χ2v) is 1.06. The lowest BCUT2D eigenvalue weighted by molar-refractivity contribution is 0.600. The fourth-order valence-corrected chi connectivity index (χ4v) is 0.213. The minimum Gasteiger partial charge on any atom is -0.119 e. The Morgan fingerprint density at radius 3 is 2.83 bits per heavy atom. The minimum atomic E-state index is 0.284. The molecule has 0 aromatic carbocycles. The van der Waals surface area contributed by atoms with Gasteiger partial charge in [0.05, 0.1) is 4.21 Å². The van der Waals surface area contributed by atoms with Crippen LogP contribution in [0.5, 0.6) is 0 Å². The lowest BCUT2D eigenvalue weighted by Crippen LogP contribution is -2.04. The van der Waals surface area contributed by atoms with Crippen molar-refractivity contribution in [3.05, 3.63) is 0 Å². The predicted octanol–water partition coefficient (Wildman–Crippen LogP) is -0.448. The number of hydrogen-bond acceptors (Lipinski definition) is 1. The summed E-state index contributed by atoms with van der Waals surface area (Å²) in [6.45, 7) is 0.341. The third-order valence-electron chi connectivity index (χ3n) is 0.233. The van der Waals surface area contributed by atoms with Crippen molar-refractivity contribution in [2.24, 2.45) is 0 Å². The van der Waals surface area contributed by atoms with Gasteiger partial charge in [0.15, 0.2) is 0 Å². The molecule has 0 aromatic heterocycles. The van der Waals surface area contributed by atoms with Crippen LogP contribution in [0.25, 0.3) is 0 Å². The summed E-state index contributed by atoms with van der Waals surface area (Å²) in [5, 5.41) is 0. The molecule has 3 heteroatoms. The number of nitrogens with one attached hydrogen (secondary N) is 1. The molecule has 2 nitrogen and oxygen atoms in total. The van der Waals surface area contributed by atoms with Crippen LogP contribution in [-0.2, 0) is 16.1 Å². The Hall–Kier alpha value is -0.460. The van der Waals surface area contributed by atoms with Crippen LogP contribution in [0.1, 0.15) is 0 Å². The van der Waals surface area contributed by atoms with Crippen LogP contribution in [0.4, 0.5) is 0 Å². The summed E-state index contributed by atoms with van der Waals surface area (Å²) in [5.41, 5.74) is 0. The second-order valence-electron chi connectivity index (χ2n) is 0.609. The Bertz CT molecular complexity index is 75.4. The van der Waals surface area contributed by atoms with Crippen molar-refractivity contribution in [2.75, 3.05) is 6.54 Å². The molecule has 0 radical (unpaired) electrons. The number of terminal acetylenes is 1. The molecule has 6 heavy (non-hydrogen) atoms. The van der Waals surface area contributed by atoms with E-state index in [1.54, 1.807) is 0 Å². The lowest BCUT2D eigenvalue weighted by Gasteiger charge is -1.60. The molecule has 0 aliphatic heterocycles. The first-order valence-corrected chi connectivity index (χ1v) is 2.11. The molecule has 1 N–H and O–H groups in total. The molecule has 0 rings (SSSR count). The van der Waals surface area contributed by atoms with E-state index in [2.05, 4.69) is 10.6 Å². The van der Waals surface area contributed by atoms with E-state index in [4.69, 9.17) is 6.42 Å². The highest BCUT2D eigenvalue weighted by Crippen LogP contribution is 1.44. The summed E-state index contributed by atoms with van der Waals surface area (Å²) < 4.78 is 11.7. The summed E-state index contributed by atoms with van der Waals surface area (Å²) in [6, 6.07) is 0. The van der Waals surface area contributed by atoms with Gasteiger partial charge in [0.1, 0.15) is 6.54 Å². The first-order chi connectivity index (χ1) is 2.91. The van der Waals surface area contributed by atoms with Gasteiger partial charge in [-0.2, -0.15) is 0 Å². The number of rotatable bonds is 2. The molecule has 0 saturated carbocycles. The molecular weight excluding hydrogens is 98.1 g/mol. The van der Waals surface area contributed by atoms with Gasteiger partial charge < -0.3 is 0 Å². The first kappa shape index (κ1) is 5.54. The molecule has 0 amide bonds. The fourth-order valence-electron chi connectivity index (χ4n) is 0.0711. The quantitative estimate of drug-likeness (QED) is 0.217. The number of hydrogen-bond donors (Lipinski definition) is 1. The van der Waals surface area contributed by atoms with Gasteiger partial charge >= 0.3 is 11.9 Å². The van der Waals surface area contributed by atoms with Crippen molar-refractivity contribution in [1.29, 1.82) is 0 Å². The highest BCUT2D eigenvalue weighted by molar-refractivity contribution is 7.63. The second kappa shape index (κ2) is 4.54. The lowest BCUT2D eigenvalue weighted by atomic mass is 10.7.